The Kier molecular flexibility index (Phi) is 6.53. The van der Waals surface area contributed by atoms with E-state index in [1.54, 1.807) is 19.1 Å². The van der Waals surface area contributed by atoms with Crippen molar-refractivity contribution in [2.75, 3.05) is 20.8 Å². The van der Waals surface area contributed by atoms with E-state index in [0.717, 1.165) is 11.1 Å². The minimum Gasteiger partial charge on any atom is -0.467 e. The molecule has 0 unspecified atom stereocenters. The summed E-state index contributed by atoms with van der Waals surface area (Å²) in [5.41, 5.74) is 0.888. The third kappa shape index (κ3) is 3.99. The first-order valence-electron chi connectivity index (χ1n) is 11.9. The predicted molar refractivity (Wildman–Crippen MR) is 136 cm³/mol. The molecule has 2 saturated heterocycles. The zero-order valence-electron chi connectivity index (χ0n) is 20.7. The Morgan fingerprint density at radius 2 is 1.70 bits per heavy atom. The van der Waals surface area contributed by atoms with Crippen molar-refractivity contribution in [2.24, 2.45) is 16.8 Å². The molecule has 0 aliphatic carbocycles. The van der Waals surface area contributed by atoms with Crippen LogP contribution >= 0.6 is 11.8 Å². The Morgan fingerprint density at radius 3 is 2.35 bits per heavy atom. The number of likely N-dealkylation sites (tertiary alicyclic amines) is 1. The van der Waals surface area contributed by atoms with Crippen LogP contribution in [0.15, 0.2) is 59.6 Å². The lowest BCUT2D eigenvalue weighted by atomic mass is 9.81. The Morgan fingerprint density at radius 1 is 1.00 bits per heavy atom. The van der Waals surface area contributed by atoms with E-state index in [1.165, 1.54) is 30.9 Å². The summed E-state index contributed by atoms with van der Waals surface area (Å²) in [6.07, 6.45) is 0. The fourth-order valence-electron chi connectivity index (χ4n) is 5.64. The first-order valence-corrected chi connectivity index (χ1v) is 12.9. The third-order valence-corrected chi connectivity index (χ3v) is 8.50. The van der Waals surface area contributed by atoms with E-state index in [2.05, 4.69) is 4.99 Å². The maximum absolute atomic E-state index is 13.7. The number of hydrogen-bond donors (Lipinski definition) is 0. The third-order valence-electron chi connectivity index (χ3n) is 7.44. The molecule has 3 aliphatic heterocycles. The average molecular weight is 522 g/mol. The zero-order chi connectivity index (χ0) is 26.3. The van der Waals surface area contributed by atoms with Gasteiger partial charge in [0, 0.05) is 5.75 Å². The molecule has 3 heterocycles. The molecule has 3 aliphatic rings. The summed E-state index contributed by atoms with van der Waals surface area (Å²) in [6, 6.07) is 16.0. The van der Waals surface area contributed by atoms with Crippen molar-refractivity contribution >= 4 is 40.7 Å². The molecule has 0 radical (unpaired) electrons. The molecule has 0 aromatic heterocycles. The second-order valence-corrected chi connectivity index (χ2v) is 10.4. The number of rotatable bonds is 6. The number of hydrogen-bond acceptors (Lipinski definition) is 9. The van der Waals surface area contributed by atoms with Crippen molar-refractivity contribution in [3.05, 3.63) is 71.3 Å². The number of imide groups is 1. The van der Waals surface area contributed by atoms with Gasteiger partial charge in [0.2, 0.25) is 11.8 Å². The second kappa shape index (κ2) is 9.66. The van der Waals surface area contributed by atoms with Crippen molar-refractivity contribution in [3.8, 4) is 0 Å². The summed E-state index contributed by atoms with van der Waals surface area (Å²) in [6.45, 7) is 2.16. The van der Waals surface area contributed by atoms with Crippen molar-refractivity contribution in [1.82, 2.24) is 9.80 Å². The highest BCUT2D eigenvalue weighted by Gasteiger charge is 2.72. The van der Waals surface area contributed by atoms with E-state index in [1.807, 2.05) is 47.4 Å². The Bertz CT molecular complexity index is 1280. The summed E-state index contributed by atoms with van der Waals surface area (Å²) in [4.78, 5) is 59.9. The van der Waals surface area contributed by atoms with E-state index in [4.69, 9.17) is 9.47 Å². The molecule has 0 N–H and O–H groups in total. The summed E-state index contributed by atoms with van der Waals surface area (Å²) in [5, 5.41) is 0.597. The van der Waals surface area contributed by atoms with Crippen LogP contribution in [0.25, 0.3) is 0 Å². The summed E-state index contributed by atoms with van der Waals surface area (Å²) in [7, 11) is 2.63. The van der Waals surface area contributed by atoms with Gasteiger partial charge in [0.15, 0.2) is 5.17 Å². The van der Waals surface area contributed by atoms with Crippen LogP contribution in [-0.4, -0.2) is 71.1 Å². The van der Waals surface area contributed by atoms with Crippen LogP contribution < -0.4 is 0 Å². The molecule has 2 amide bonds. The van der Waals surface area contributed by atoms with Gasteiger partial charge in [-0.2, -0.15) is 0 Å². The van der Waals surface area contributed by atoms with Crippen molar-refractivity contribution in [3.63, 3.8) is 0 Å². The smallest absolute Gasteiger partial charge is 0.337 e. The highest BCUT2D eigenvalue weighted by molar-refractivity contribution is 8.13. The van der Waals surface area contributed by atoms with Crippen molar-refractivity contribution < 1.29 is 28.7 Å². The number of carbonyl (C=O) groups is 4. The topological polar surface area (TPSA) is 106 Å². The number of nitrogens with zero attached hydrogens (tertiary/aromatic N) is 3. The van der Waals surface area contributed by atoms with E-state index in [-0.39, 0.29) is 18.4 Å². The molecule has 5 rings (SSSR count). The number of fused-ring (bicyclic) bond motifs is 3. The van der Waals surface area contributed by atoms with Gasteiger partial charge in [0.1, 0.15) is 5.54 Å². The summed E-state index contributed by atoms with van der Waals surface area (Å²) < 4.78 is 9.92. The molecule has 0 saturated carbocycles. The minimum absolute atomic E-state index is 0.166. The van der Waals surface area contributed by atoms with Crippen molar-refractivity contribution in [2.45, 2.75) is 30.8 Å². The number of carbonyl (C=O) groups excluding carboxylic acids is 4. The van der Waals surface area contributed by atoms with Gasteiger partial charge in [0.25, 0.3) is 0 Å². The number of benzene rings is 2. The Labute approximate surface area is 218 Å². The Balaban J connectivity index is 1.39. The monoisotopic (exact) mass is 521 g/mol. The molecule has 0 bridgehead atoms. The minimum atomic E-state index is -1.36. The SMILES string of the molecule is COC(=O)c1ccc(CSC2=NC[C@@H]3[C@@H]4C(=O)N(Cc5ccccc5)C(=O)[C@@H]4[C@](C)(C(=O)OC)N23)cc1. The number of esters is 2. The molecule has 2 aromatic rings. The molecule has 10 heteroatoms. The molecule has 2 fully saturated rings. The van der Waals surface area contributed by atoms with Gasteiger partial charge in [0.05, 0.1) is 50.8 Å². The molecule has 37 heavy (non-hydrogen) atoms. The van der Waals surface area contributed by atoms with Crippen molar-refractivity contribution in [1.29, 1.82) is 0 Å². The van der Waals surface area contributed by atoms with E-state index >= 15 is 0 Å². The van der Waals surface area contributed by atoms with Crippen LogP contribution in [0.4, 0.5) is 0 Å². The number of methoxy groups -OCH3 is 2. The highest BCUT2D eigenvalue weighted by atomic mass is 32.2. The number of aliphatic imine (C=N–C) groups is 1. The van der Waals surface area contributed by atoms with Crippen LogP contribution in [0.2, 0.25) is 0 Å². The van der Waals surface area contributed by atoms with Crippen LogP contribution in [-0.2, 0) is 36.2 Å². The molecule has 192 valence electrons. The predicted octanol–water partition coefficient (Wildman–Crippen LogP) is 2.49. The normalized spacial score (nSPS) is 26.1. The highest BCUT2D eigenvalue weighted by Crippen LogP contribution is 2.52. The Hall–Kier alpha value is -3.66. The first kappa shape index (κ1) is 25.0. The lowest BCUT2D eigenvalue weighted by Gasteiger charge is -2.37. The number of thioether (sulfide) groups is 1. The quantitative estimate of drug-likeness (QED) is 0.422. The second-order valence-electron chi connectivity index (χ2n) is 9.43. The fraction of sp³-hybridized carbons (Fsp3) is 0.370. The summed E-state index contributed by atoms with van der Waals surface area (Å²) >= 11 is 1.42. The van der Waals surface area contributed by atoms with Gasteiger partial charge in [-0.05, 0) is 30.2 Å². The number of amides is 2. The average Bonchev–Trinajstić information content (AvgIpc) is 3.54. The van der Waals surface area contributed by atoms with Gasteiger partial charge in [-0.15, -0.1) is 0 Å². The van der Waals surface area contributed by atoms with Gasteiger partial charge in [-0.1, -0.05) is 54.2 Å². The van der Waals surface area contributed by atoms with Gasteiger partial charge in [-0.25, -0.2) is 9.59 Å². The van der Waals surface area contributed by atoms with Crippen LogP contribution in [0.5, 0.6) is 0 Å². The standard InChI is InChI=1S/C27H27N3O6S/c1-27(25(34)36-3)21-20(22(31)29(23(21)32)14-16-7-5-4-6-8-16)19-13-28-26(30(19)27)37-15-17-9-11-18(12-10-17)24(33)35-2/h4-12,19-21H,13-15H2,1-3H3/t19-,20+,21-,27-/m1/s1. The number of amidine groups is 1. The molecular weight excluding hydrogens is 494 g/mol. The fourth-order valence-corrected chi connectivity index (χ4v) is 6.76. The van der Waals surface area contributed by atoms with Crippen LogP contribution in [0, 0.1) is 11.8 Å². The largest absolute Gasteiger partial charge is 0.467 e. The van der Waals surface area contributed by atoms with E-state index in [0.29, 0.717) is 23.0 Å². The molecule has 4 atom stereocenters. The zero-order valence-corrected chi connectivity index (χ0v) is 21.6. The maximum Gasteiger partial charge on any atom is 0.337 e. The van der Waals surface area contributed by atoms with E-state index < -0.39 is 35.4 Å². The van der Waals surface area contributed by atoms with Crippen LogP contribution in [0.1, 0.15) is 28.4 Å². The van der Waals surface area contributed by atoms with Crippen LogP contribution in [0.3, 0.4) is 0 Å². The lowest BCUT2D eigenvalue weighted by molar-refractivity contribution is -0.157. The van der Waals surface area contributed by atoms with Gasteiger partial charge in [-0.3, -0.25) is 19.5 Å². The van der Waals surface area contributed by atoms with Gasteiger partial charge < -0.3 is 14.4 Å². The van der Waals surface area contributed by atoms with Gasteiger partial charge >= 0.3 is 11.9 Å². The molecule has 9 nitrogen and oxygen atoms in total. The first-order chi connectivity index (χ1) is 17.8. The maximum atomic E-state index is 13.7. The lowest BCUT2D eigenvalue weighted by Crippen LogP contribution is -2.57. The van der Waals surface area contributed by atoms with E-state index in [9.17, 15) is 19.2 Å². The summed E-state index contributed by atoms with van der Waals surface area (Å²) in [5.74, 6) is -2.61. The molecule has 0 spiro atoms. The molecule has 2 aromatic carbocycles. The number of ether oxygens (including phenoxy) is 2. The molecular formula is C27H27N3O6S.